The lowest BCUT2D eigenvalue weighted by Crippen LogP contribution is -2.60. The maximum Gasteiger partial charge on any atom is 0.251 e. The molecule has 5 atom stereocenters. The first-order valence-electron chi connectivity index (χ1n) is 11.4. The third-order valence-corrected chi connectivity index (χ3v) is 8.09. The number of hydrogen-bond donors (Lipinski definition) is 2. The highest BCUT2D eigenvalue weighted by Crippen LogP contribution is 2.68. The summed E-state index contributed by atoms with van der Waals surface area (Å²) in [6.45, 7) is 9.90. The van der Waals surface area contributed by atoms with Crippen LogP contribution in [0.3, 0.4) is 0 Å². The summed E-state index contributed by atoms with van der Waals surface area (Å²) < 4.78 is 6.22. The van der Waals surface area contributed by atoms with Crippen molar-refractivity contribution in [3.05, 3.63) is 30.1 Å². The number of nitrogens with one attached hydrogen (secondary N) is 2. The Morgan fingerprint density at radius 1 is 1.27 bits per heavy atom. The van der Waals surface area contributed by atoms with Crippen LogP contribution < -0.4 is 10.6 Å². The van der Waals surface area contributed by atoms with Crippen LogP contribution in [0.15, 0.2) is 24.5 Å². The Hall–Kier alpha value is -1.95. The molecule has 2 saturated carbocycles. The van der Waals surface area contributed by atoms with Gasteiger partial charge >= 0.3 is 0 Å². The Balaban J connectivity index is 1.43. The zero-order valence-electron chi connectivity index (χ0n) is 18.6. The largest absolute Gasteiger partial charge is 0.378 e. The summed E-state index contributed by atoms with van der Waals surface area (Å²) in [7, 11) is 0. The number of carbonyl (C=O) groups excluding carboxylic acids is 2. The van der Waals surface area contributed by atoms with Gasteiger partial charge in [0.05, 0.1) is 6.10 Å². The Bertz CT molecular complexity index is 794. The van der Waals surface area contributed by atoms with Crippen LogP contribution in [0.1, 0.15) is 63.7 Å². The fourth-order valence-electron chi connectivity index (χ4n) is 6.44. The molecular weight excluding hydrogens is 378 g/mol. The third kappa shape index (κ3) is 3.53. The number of fused-ring (bicyclic) bond motifs is 1. The molecule has 0 unspecified atom stereocenters. The van der Waals surface area contributed by atoms with Gasteiger partial charge in [-0.3, -0.25) is 14.6 Å². The average molecular weight is 414 g/mol. The Morgan fingerprint density at radius 3 is 2.70 bits per heavy atom. The van der Waals surface area contributed by atoms with Crippen molar-refractivity contribution in [2.45, 2.75) is 65.5 Å². The van der Waals surface area contributed by atoms with Crippen LogP contribution in [0, 0.1) is 28.6 Å². The third-order valence-electron chi connectivity index (χ3n) is 8.09. The topological polar surface area (TPSA) is 80.3 Å². The highest BCUT2D eigenvalue weighted by atomic mass is 16.5. The summed E-state index contributed by atoms with van der Waals surface area (Å²) in [5.74, 6) is 1.13. The van der Waals surface area contributed by atoms with E-state index in [1.807, 2.05) is 13.8 Å². The zero-order valence-corrected chi connectivity index (χ0v) is 18.6. The molecule has 1 aliphatic heterocycles. The summed E-state index contributed by atoms with van der Waals surface area (Å²) in [5.41, 5.74) is 0.860. The average Bonchev–Trinajstić information content (AvgIpc) is 3.21. The van der Waals surface area contributed by atoms with Crippen LogP contribution in [-0.2, 0) is 9.53 Å². The van der Waals surface area contributed by atoms with E-state index in [0.717, 1.165) is 25.9 Å². The van der Waals surface area contributed by atoms with Crippen LogP contribution >= 0.6 is 0 Å². The van der Waals surface area contributed by atoms with Crippen molar-refractivity contribution in [1.82, 2.24) is 15.6 Å². The maximum absolute atomic E-state index is 12.6. The maximum atomic E-state index is 12.6. The van der Waals surface area contributed by atoms with E-state index in [-0.39, 0.29) is 40.7 Å². The van der Waals surface area contributed by atoms with E-state index in [4.69, 9.17) is 4.74 Å². The number of pyridine rings is 1. The van der Waals surface area contributed by atoms with E-state index in [0.29, 0.717) is 23.9 Å². The molecule has 1 saturated heterocycles. The smallest absolute Gasteiger partial charge is 0.251 e. The molecular formula is C24H35N3O3. The van der Waals surface area contributed by atoms with Crippen LogP contribution in [0.25, 0.3) is 0 Å². The molecule has 0 aromatic carbocycles. The van der Waals surface area contributed by atoms with Crippen LogP contribution in [0.5, 0.6) is 0 Å². The van der Waals surface area contributed by atoms with Gasteiger partial charge < -0.3 is 15.4 Å². The highest BCUT2D eigenvalue weighted by Gasteiger charge is 2.68. The minimum Gasteiger partial charge on any atom is -0.378 e. The monoisotopic (exact) mass is 413 g/mol. The highest BCUT2D eigenvalue weighted by molar-refractivity contribution is 5.93. The number of amides is 2. The molecule has 2 aliphatic carbocycles. The lowest BCUT2D eigenvalue weighted by atomic mass is 9.59. The Labute approximate surface area is 179 Å². The minimum absolute atomic E-state index is 0.00573. The number of carbonyl (C=O) groups is 2. The summed E-state index contributed by atoms with van der Waals surface area (Å²) >= 11 is 0. The van der Waals surface area contributed by atoms with Gasteiger partial charge in [0.25, 0.3) is 5.91 Å². The second-order valence-corrected chi connectivity index (χ2v) is 10.3. The molecule has 2 bridgehead atoms. The summed E-state index contributed by atoms with van der Waals surface area (Å²) in [6, 6.07) is 3.64. The lowest BCUT2D eigenvalue weighted by Gasteiger charge is -2.53. The zero-order chi connectivity index (χ0) is 21.5. The second kappa shape index (κ2) is 7.95. The van der Waals surface area contributed by atoms with Crippen LogP contribution in [0.2, 0.25) is 0 Å². The fraction of sp³-hybridized carbons (Fsp3) is 0.708. The summed E-state index contributed by atoms with van der Waals surface area (Å²) in [6.07, 6.45) is 7.55. The number of hydrogen-bond acceptors (Lipinski definition) is 4. The normalized spacial score (nSPS) is 33.9. The SMILES string of the molecule is CC(C)C(=O)N[C@H]1C(C)(C)[C@@H]2C[C@@H]3[C@@H](CCNC(=O)c4ccncc4)OCC[C@@]31C2. The minimum atomic E-state index is -0.0703. The molecule has 164 valence electrons. The second-order valence-electron chi connectivity index (χ2n) is 10.3. The molecule has 3 fully saturated rings. The lowest BCUT2D eigenvalue weighted by molar-refractivity contribution is -0.138. The van der Waals surface area contributed by atoms with Crippen molar-refractivity contribution >= 4 is 11.8 Å². The van der Waals surface area contributed by atoms with E-state index in [1.165, 1.54) is 6.42 Å². The van der Waals surface area contributed by atoms with Crippen molar-refractivity contribution < 1.29 is 14.3 Å². The van der Waals surface area contributed by atoms with Gasteiger partial charge in [-0.05, 0) is 60.5 Å². The number of rotatable bonds is 6. The fourth-order valence-corrected chi connectivity index (χ4v) is 6.44. The van der Waals surface area contributed by atoms with E-state index in [2.05, 4.69) is 29.5 Å². The van der Waals surface area contributed by atoms with E-state index in [1.54, 1.807) is 24.5 Å². The molecule has 2 heterocycles. The molecule has 2 N–H and O–H groups in total. The van der Waals surface area contributed by atoms with Gasteiger partial charge in [0.15, 0.2) is 0 Å². The molecule has 0 radical (unpaired) electrons. The standard InChI is InChI=1S/C24H35N3O3/c1-15(2)20(28)27-22-23(3,4)17-13-18-19(30-12-8-24(18,22)14-17)7-11-26-21(29)16-5-9-25-10-6-16/h5-6,9-10,15,17-19,22H,7-8,11-14H2,1-4H3,(H,26,29)(H,27,28)/t17-,18-,19-,22+,24-/m1/s1. The van der Waals surface area contributed by atoms with Crippen LogP contribution in [-0.4, -0.2) is 42.1 Å². The molecule has 3 aliphatic rings. The van der Waals surface area contributed by atoms with Gasteiger partial charge in [0, 0.05) is 43.1 Å². The Kier molecular flexibility index (Phi) is 5.64. The van der Waals surface area contributed by atoms with Gasteiger partial charge in [-0.2, -0.15) is 0 Å². The van der Waals surface area contributed by atoms with Crippen molar-refractivity contribution in [3.63, 3.8) is 0 Å². The van der Waals surface area contributed by atoms with Gasteiger partial charge in [-0.15, -0.1) is 0 Å². The van der Waals surface area contributed by atoms with E-state index < -0.39 is 0 Å². The van der Waals surface area contributed by atoms with Crippen molar-refractivity contribution in [2.75, 3.05) is 13.2 Å². The molecule has 6 heteroatoms. The molecule has 4 rings (SSSR count). The van der Waals surface area contributed by atoms with Gasteiger partial charge in [-0.1, -0.05) is 27.7 Å². The van der Waals surface area contributed by atoms with Crippen molar-refractivity contribution in [3.8, 4) is 0 Å². The molecule has 1 spiro atoms. The summed E-state index contributed by atoms with van der Waals surface area (Å²) in [4.78, 5) is 28.9. The Morgan fingerprint density at radius 2 is 2.00 bits per heavy atom. The predicted octanol–water partition coefficient (Wildman–Crippen LogP) is 3.18. The molecule has 6 nitrogen and oxygen atoms in total. The molecule has 1 aromatic heterocycles. The van der Waals surface area contributed by atoms with Gasteiger partial charge in [0.1, 0.15) is 0 Å². The first-order chi connectivity index (χ1) is 14.3. The van der Waals surface area contributed by atoms with E-state index >= 15 is 0 Å². The molecule has 1 aromatic rings. The number of ether oxygens (including phenoxy) is 1. The first-order valence-corrected chi connectivity index (χ1v) is 11.4. The van der Waals surface area contributed by atoms with E-state index in [9.17, 15) is 9.59 Å². The molecule has 2 amide bonds. The van der Waals surface area contributed by atoms with Gasteiger partial charge in [0.2, 0.25) is 5.91 Å². The quantitative estimate of drug-likeness (QED) is 0.751. The number of nitrogens with zero attached hydrogens (tertiary/aromatic N) is 1. The van der Waals surface area contributed by atoms with Crippen LogP contribution in [0.4, 0.5) is 0 Å². The predicted molar refractivity (Wildman–Crippen MR) is 115 cm³/mol. The van der Waals surface area contributed by atoms with Crippen molar-refractivity contribution in [1.29, 1.82) is 0 Å². The first kappa shape index (κ1) is 21.3. The molecule has 30 heavy (non-hydrogen) atoms. The van der Waals surface area contributed by atoms with Gasteiger partial charge in [-0.25, -0.2) is 0 Å². The number of aromatic nitrogens is 1. The summed E-state index contributed by atoms with van der Waals surface area (Å²) in [5, 5.41) is 6.46. The van der Waals surface area contributed by atoms with Crippen molar-refractivity contribution in [2.24, 2.45) is 28.6 Å².